The van der Waals surface area contributed by atoms with Crippen LogP contribution < -0.4 is 5.73 Å². The minimum absolute atomic E-state index is 0.0713. The maximum absolute atomic E-state index is 12.8. The van der Waals surface area contributed by atoms with E-state index in [2.05, 4.69) is 0 Å². The molecule has 116 valence electrons. The molecule has 0 spiro atoms. The van der Waals surface area contributed by atoms with E-state index >= 15 is 0 Å². The molecule has 0 aliphatic carbocycles. The minimum Gasteiger partial charge on any atom is -0.341 e. The molecule has 0 radical (unpaired) electrons. The van der Waals surface area contributed by atoms with Crippen molar-refractivity contribution >= 4 is 5.91 Å². The van der Waals surface area contributed by atoms with Crippen LogP contribution in [0.15, 0.2) is 24.3 Å². The highest BCUT2D eigenvalue weighted by atomic mass is 19.1. The van der Waals surface area contributed by atoms with Crippen LogP contribution in [0, 0.1) is 11.7 Å². The van der Waals surface area contributed by atoms with Gasteiger partial charge in [-0.05, 0) is 49.3 Å². The Balaban J connectivity index is 1.84. The van der Waals surface area contributed by atoms with Gasteiger partial charge in [0.15, 0.2) is 0 Å². The maximum Gasteiger partial charge on any atom is 0.239 e. The summed E-state index contributed by atoms with van der Waals surface area (Å²) in [4.78, 5) is 14.1. The number of hydrogen-bond donors (Lipinski definition) is 1. The zero-order valence-corrected chi connectivity index (χ0v) is 12.1. The second-order valence-corrected chi connectivity index (χ2v) is 5.68. The monoisotopic (exact) mass is 296 g/mol. The lowest BCUT2D eigenvalue weighted by atomic mass is 9.93. The number of nitrogens with zero attached hydrogens (tertiary/aromatic N) is 1. The molecular formula is C16H22F2N2O. The van der Waals surface area contributed by atoms with Gasteiger partial charge in [0.05, 0.1) is 12.7 Å². The number of alkyl halides is 1. The third kappa shape index (κ3) is 4.49. The second kappa shape index (κ2) is 7.50. The van der Waals surface area contributed by atoms with Crippen molar-refractivity contribution in [1.82, 2.24) is 4.90 Å². The number of rotatable bonds is 5. The first-order valence-electron chi connectivity index (χ1n) is 7.45. The van der Waals surface area contributed by atoms with Crippen molar-refractivity contribution in [2.75, 3.05) is 19.8 Å². The fourth-order valence-corrected chi connectivity index (χ4v) is 2.79. The van der Waals surface area contributed by atoms with Gasteiger partial charge in [0.1, 0.15) is 5.82 Å². The van der Waals surface area contributed by atoms with Gasteiger partial charge in [-0.2, -0.15) is 0 Å². The van der Waals surface area contributed by atoms with E-state index in [9.17, 15) is 13.6 Å². The summed E-state index contributed by atoms with van der Waals surface area (Å²) in [5.41, 5.74) is 6.82. The third-order valence-electron chi connectivity index (χ3n) is 4.13. The predicted molar refractivity (Wildman–Crippen MR) is 78.0 cm³/mol. The molecule has 1 heterocycles. The zero-order chi connectivity index (χ0) is 15.2. The van der Waals surface area contributed by atoms with Crippen LogP contribution in [-0.2, 0) is 11.2 Å². The van der Waals surface area contributed by atoms with E-state index in [0.717, 1.165) is 18.4 Å². The first-order chi connectivity index (χ1) is 10.1. The molecule has 1 atom stereocenters. The highest BCUT2D eigenvalue weighted by Gasteiger charge is 2.26. The van der Waals surface area contributed by atoms with E-state index in [1.807, 2.05) is 0 Å². The molecule has 1 aromatic rings. The maximum atomic E-state index is 12.8. The van der Waals surface area contributed by atoms with Crippen molar-refractivity contribution in [3.8, 4) is 0 Å². The minimum atomic E-state index is -0.604. The molecule has 0 unspecified atom stereocenters. The van der Waals surface area contributed by atoms with Crippen molar-refractivity contribution < 1.29 is 13.6 Å². The van der Waals surface area contributed by atoms with Crippen LogP contribution in [0.2, 0.25) is 0 Å². The molecule has 1 fully saturated rings. The number of halogens is 2. The summed E-state index contributed by atoms with van der Waals surface area (Å²) in [5.74, 6) is 0.0129. The molecule has 0 saturated carbocycles. The Bertz CT molecular complexity index is 456. The quantitative estimate of drug-likeness (QED) is 0.906. The van der Waals surface area contributed by atoms with Gasteiger partial charge in [-0.1, -0.05) is 12.1 Å². The number of nitrogens with two attached hydrogens (primary N) is 1. The molecule has 1 aliphatic rings. The summed E-state index contributed by atoms with van der Waals surface area (Å²) in [7, 11) is 0. The molecule has 2 N–H and O–H groups in total. The average Bonchev–Trinajstić information content (AvgIpc) is 2.50. The van der Waals surface area contributed by atoms with Gasteiger partial charge in [-0.15, -0.1) is 0 Å². The molecule has 1 saturated heterocycles. The van der Waals surface area contributed by atoms with Gasteiger partial charge in [-0.3, -0.25) is 9.18 Å². The van der Waals surface area contributed by atoms with Gasteiger partial charge >= 0.3 is 0 Å². The van der Waals surface area contributed by atoms with Crippen LogP contribution in [0.4, 0.5) is 8.78 Å². The van der Waals surface area contributed by atoms with E-state index in [-0.39, 0.29) is 18.4 Å². The summed E-state index contributed by atoms with van der Waals surface area (Å²) in [6.45, 7) is 1.02. The Morgan fingerprint density at radius 3 is 2.48 bits per heavy atom. The van der Waals surface area contributed by atoms with Crippen LogP contribution in [-0.4, -0.2) is 36.6 Å². The van der Waals surface area contributed by atoms with Crippen LogP contribution in [0.3, 0.4) is 0 Å². The fraction of sp³-hybridized carbons (Fsp3) is 0.562. The van der Waals surface area contributed by atoms with Gasteiger partial charge < -0.3 is 10.6 Å². The van der Waals surface area contributed by atoms with Crippen LogP contribution in [0.1, 0.15) is 24.8 Å². The predicted octanol–water partition coefficient (Wildman–Crippen LogP) is 2.29. The third-order valence-corrected chi connectivity index (χ3v) is 4.13. The molecule has 5 heteroatoms. The van der Waals surface area contributed by atoms with Gasteiger partial charge in [-0.25, -0.2) is 4.39 Å². The molecule has 1 aromatic carbocycles. The Morgan fingerprint density at radius 2 is 1.90 bits per heavy atom. The molecule has 0 bridgehead atoms. The number of likely N-dealkylation sites (tertiary alicyclic amines) is 1. The van der Waals surface area contributed by atoms with Crippen LogP contribution >= 0.6 is 0 Å². The highest BCUT2D eigenvalue weighted by Crippen LogP contribution is 2.21. The lowest BCUT2D eigenvalue weighted by molar-refractivity contribution is -0.134. The van der Waals surface area contributed by atoms with Gasteiger partial charge in [0.25, 0.3) is 0 Å². The number of benzene rings is 1. The number of piperidine rings is 1. The second-order valence-electron chi connectivity index (χ2n) is 5.68. The van der Waals surface area contributed by atoms with Crippen LogP contribution in [0.5, 0.6) is 0 Å². The first-order valence-corrected chi connectivity index (χ1v) is 7.45. The van der Waals surface area contributed by atoms with E-state index < -0.39 is 6.04 Å². The Morgan fingerprint density at radius 1 is 1.29 bits per heavy atom. The van der Waals surface area contributed by atoms with Crippen LogP contribution in [0.25, 0.3) is 0 Å². The molecule has 0 aromatic heterocycles. The van der Waals surface area contributed by atoms with E-state index in [1.54, 1.807) is 17.0 Å². The van der Waals surface area contributed by atoms with Crippen molar-refractivity contribution in [2.24, 2.45) is 11.7 Å². The summed E-state index contributed by atoms with van der Waals surface area (Å²) < 4.78 is 25.1. The lowest BCUT2D eigenvalue weighted by Crippen LogP contribution is -2.48. The largest absolute Gasteiger partial charge is 0.341 e. The normalized spacial score (nSPS) is 17.8. The van der Waals surface area contributed by atoms with Crippen molar-refractivity contribution in [1.29, 1.82) is 0 Å². The average molecular weight is 296 g/mol. The topological polar surface area (TPSA) is 46.3 Å². The Hall–Kier alpha value is -1.49. The molecule has 1 amide bonds. The standard InChI is InChI=1S/C16H22F2N2O/c17-8-5-12-6-9-20(10-7-12)16(21)15(19)11-13-1-3-14(18)4-2-13/h1-4,12,15H,5-11,19H2/t15-/m0/s1. The molecular weight excluding hydrogens is 274 g/mol. The molecule has 21 heavy (non-hydrogen) atoms. The molecule has 3 nitrogen and oxygen atoms in total. The summed E-state index contributed by atoms with van der Waals surface area (Å²) in [6.07, 6.45) is 2.69. The highest BCUT2D eigenvalue weighted by molar-refractivity contribution is 5.82. The van der Waals surface area contributed by atoms with E-state index in [1.165, 1.54) is 12.1 Å². The SMILES string of the molecule is N[C@@H](Cc1ccc(F)cc1)C(=O)N1CCC(CCF)CC1. The summed E-state index contributed by atoms with van der Waals surface area (Å²) >= 11 is 0. The van der Waals surface area contributed by atoms with Gasteiger partial charge in [0.2, 0.25) is 5.91 Å². The first kappa shape index (κ1) is 15.9. The van der Waals surface area contributed by atoms with E-state index in [4.69, 9.17) is 5.73 Å². The Kier molecular flexibility index (Phi) is 5.67. The van der Waals surface area contributed by atoms with Crippen molar-refractivity contribution in [3.63, 3.8) is 0 Å². The fourth-order valence-electron chi connectivity index (χ4n) is 2.79. The van der Waals surface area contributed by atoms with Crippen molar-refractivity contribution in [2.45, 2.75) is 31.7 Å². The summed E-state index contributed by atoms with van der Waals surface area (Å²) in [6, 6.07) is 5.43. The smallest absolute Gasteiger partial charge is 0.239 e. The molecule has 1 aliphatic heterocycles. The zero-order valence-electron chi connectivity index (χ0n) is 12.1. The number of carbonyl (C=O) groups is 1. The van der Waals surface area contributed by atoms with E-state index in [0.29, 0.717) is 31.8 Å². The lowest BCUT2D eigenvalue weighted by Gasteiger charge is -2.33. The molecule has 2 rings (SSSR count). The van der Waals surface area contributed by atoms with Gasteiger partial charge in [0, 0.05) is 13.1 Å². The summed E-state index contributed by atoms with van der Waals surface area (Å²) in [5, 5.41) is 0. The number of hydrogen-bond acceptors (Lipinski definition) is 2. The Labute approximate surface area is 124 Å². The van der Waals surface area contributed by atoms with Crippen molar-refractivity contribution in [3.05, 3.63) is 35.6 Å². The number of amides is 1. The number of carbonyl (C=O) groups excluding carboxylic acids is 1.